The summed E-state index contributed by atoms with van der Waals surface area (Å²) in [7, 11) is 0. The first-order valence-electron chi connectivity index (χ1n) is 14.6. The summed E-state index contributed by atoms with van der Waals surface area (Å²) in [4.78, 5) is 0. The highest BCUT2D eigenvalue weighted by molar-refractivity contribution is 7.26. The SMILES string of the molecule is CC1(C)c2ccccc2-c2cc3c(cc21)sc1c3ccc2c3ccccc3n(C3=CC[C@H](c4ccccc4)C=C3)c21. The van der Waals surface area contributed by atoms with Gasteiger partial charge in [0, 0.05) is 43.3 Å². The van der Waals surface area contributed by atoms with Gasteiger partial charge < -0.3 is 4.57 Å². The zero-order valence-corrected chi connectivity index (χ0v) is 24.0. The molecule has 1 nitrogen and oxygen atoms in total. The minimum Gasteiger partial charge on any atom is -0.308 e. The number of rotatable bonds is 2. The number of thiophene rings is 1. The van der Waals surface area contributed by atoms with E-state index in [1.54, 1.807) is 0 Å². The molecule has 0 saturated heterocycles. The molecule has 0 bridgehead atoms. The van der Waals surface area contributed by atoms with Gasteiger partial charge in [0.15, 0.2) is 0 Å². The van der Waals surface area contributed by atoms with Crippen molar-refractivity contribution in [3.05, 3.63) is 138 Å². The van der Waals surface area contributed by atoms with Crippen LogP contribution in [-0.4, -0.2) is 4.57 Å². The fourth-order valence-electron chi connectivity index (χ4n) is 7.47. The monoisotopic (exact) mass is 543 g/mol. The third-order valence-corrected chi connectivity index (χ3v) is 10.7. The number of aromatic nitrogens is 1. The van der Waals surface area contributed by atoms with Crippen molar-refractivity contribution >= 4 is 59.0 Å². The summed E-state index contributed by atoms with van der Waals surface area (Å²) >= 11 is 1.96. The van der Waals surface area contributed by atoms with E-state index >= 15 is 0 Å². The van der Waals surface area contributed by atoms with Crippen molar-refractivity contribution in [2.45, 2.75) is 31.6 Å². The van der Waals surface area contributed by atoms with Crippen LogP contribution in [0.1, 0.15) is 42.9 Å². The third kappa shape index (κ3) is 3.17. The second kappa shape index (κ2) is 8.31. The molecule has 0 fully saturated rings. The van der Waals surface area contributed by atoms with Crippen LogP contribution in [0.4, 0.5) is 0 Å². The molecule has 0 unspecified atom stereocenters. The van der Waals surface area contributed by atoms with Crippen molar-refractivity contribution < 1.29 is 0 Å². The lowest BCUT2D eigenvalue weighted by Crippen LogP contribution is -2.14. The molecular formula is C39H29NS. The van der Waals surface area contributed by atoms with Crippen LogP contribution in [0.2, 0.25) is 0 Å². The molecule has 9 rings (SSSR count). The summed E-state index contributed by atoms with van der Waals surface area (Å²) in [5.41, 5.74) is 10.9. The molecule has 1 atom stereocenters. The molecule has 41 heavy (non-hydrogen) atoms. The highest BCUT2D eigenvalue weighted by Crippen LogP contribution is 2.52. The van der Waals surface area contributed by atoms with Gasteiger partial charge in [0.1, 0.15) is 0 Å². The Morgan fingerprint density at radius 2 is 1.49 bits per heavy atom. The Kier molecular flexibility index (Phi) is 4.73. The van der Waals surface area contributed by atoms with Crippen LogP contribution >= 0.6 is 11.3 Å². The molecule has 0 aliphatic heterocycles. The van der Waals surface area contributed by atoms with Crippen LogP contribution in [-0.2, 0) is 5.41 Å². The molecule has 196 valence electrons. The maximum atomic E-state index is 2.52. The summed E-state index contributed by atoms with van der Waals surface area (Å²) in [6.07, 6.45) is 8.17. The Hall–Kier alpha value is -4.40. The molecule has 0 amide bonds. The van der Waals surface area contributed by atoms with Crippen LogP contribution in [0.25, 0.3) is 58.8 Å². The van der Waals surface area contributed by atoms with Gasteiger partial charge in [-0.3, -0.25) is 0 Å². The second-order valence-corrected chi connectivity index (χ2v) is 13.2. The first kappa shape index (κ1) is 23.3. The van der Waals surface area contributed by atoms with E-state index in [1.807, 2.05) is 11.3 Å². The van der Waals surface area contributed by atoms with E-state index in [2.05, 4.69) is 140 Å². The minimum atomic E-state index is 0.00745. The van der Waals surface area contributed by atoms with Crippen LogP contribution < -0.4 is 0 Å². The number of hydrogen-bond donors (Lipinski definition) is 0. The van der Waals surface area contributed by atoms with Gasteiger partial charge in [-0.05, 0) is 58.5 Å². The Balaban J connectivity index is 1.30. The summed E-state index contributed by atoms with van der Waals surface area (Å²) in [5, 5.41) is 5.37. The van der Waals surface area contributed by atoms with Crippen LogP contribution in [0, 0.1) is 0 Å². The number of hydrogen-bond acceptors (Lipinski definition) is 1. The number of fused-ring (bicyclic) bond motifs is 10. The zero-order chi connectivity index (χ0) is 27.3. The fraction of sp³-hybridized carbons (Fsp3) is 0.128. The topological polar surface area (TPSA) is 4.93 Å². The van der Waals surface area contributed by atoms with Crippen LogP contribution in [0.15, 0.2) is 121 Å². The molecule has 0 radical (unpaired) electrons. The van der Waals surface area contributed by atoms with Gasteiger partial charge >= 0.3 is 0 Å². The highest BCUT2D eigenvalue weighted by Gasteiger charge is 2.35. The molecule has 0 saturated carbocycles. The highest BCUT2D eigenvalue weighted by atomic mass is 32.1. The van der Waals surface area contributed by atoms with E-state index in [-0.39, 0.29) is 5.41 Å². The van der Waals surface area contributed by atoms with E-state index in [9.17, 15) is 0 Å². The van der Waals surface area contributed by atoms with E-state index in [0.717, 1.165) is 6.42 Å². The van der Waals surface area contributed by atoms with Crippen molar-refractivity contribution in [1.29, 1.82) is 0 Å². The molecule has 2 heteroatoms. The van der Waals surface area contributed by atoms with Gasteiger partial charge in [-0.25, -0.2) is 0 Å². The first-order valence-corrected chi connectivity index (χ1v) is 15.4. The van der Waals surface area contributed by atoms with Gasteiger partial charge in [0.2, 0.25) is 0 Å². The number of para-hydroxylation sites is 1. The smallest absolute Gasteiger partial charge is 0.0719 e. The van der Waals surface area contributed by atoms with Crippen molar-refractivity contribution in [2.75, 3.05) is 0 Å². The average Bonchev–Trinajstić information content (AvgIpc) is 3.63. The number of benzene rings is 5. The molecule has 0 N–H and O–H groups in total. The first-order chi connectivity index (χ1) is 20.1. The minimum absolute atomic E-state index is 0.00745. The fourth-order valence-corrected chi connectivity index (χ4v) is 8.73. The number of allylic oxidation sites excluding steroid dienone is 4. The van der Waals surface area contributed by atoms with Gasteiger partial charge in [0.25, 0.3) is 0 Å². The molecule has 0 spiro atoms. The van der Waals surface area contributed by atoms with Gasteiger partial charge in [-0.1, -0.05) is 111 Å². The van der Waals surface area contributed by atoms with Crippen molar-refractivity contribution in [3.63, 3.8) is 0 Å². The van der Waals surface area contributed by atoms with Crippen molar-refractivity contribution in [2.24, 2.45) is 0 Å². The molecule has 2 heterocycles. The van der Waals surface area contributed by atoms with Crippen LogP contribution in [0.3, 0.4) is 0 Å². The van der Waals surface area contributed by atoms with Crippen LogP contribution in [0.5, 0.6) is 0 Å². The molecule has 5 aromatic carbocycles. The average molecular weight is 544 g/mol. The zero-order valence-electron chi connectivity index (χ0n) is 23.2. The Morgan fingerprint density at radius 3 is 2.34 bits per heavy atom. The van der Waals surface area contributed by atoms with E-state index in [4.69, 9.17) is 0 Å². The molecule has 2 aliphatic rings. The predicted molar refractivity (Wildman–Crippen MR) is 177 cm³/mol. The lowest BCUT2D eigenvalue weighted by molar-refractivity contribution is 0.661. The lowest BCUT2D eigenvalue weighted by atomic mass is 9.82. The van der Waals surface area contributed by atoms with Gasteiger partial charge in [-0.2, -0.15) is 0 Å². The summed E-state index contributed by atoms with van der Waals surface area (Å²) in [5.74, 6) is 0.422. The van der Waals surface area contributed by atoms with E-state index in [1.165, 1.54) is 75.5 Å². The van der Waals surface area contributed by atoms with E-state index in [0.29, 0.717) is 5.92 Å². The Bertz CT molecular complexity index is 2250. The number of nitrogens with zero attached hydrogens (tertiary/aromatic N) is 1. The summed E-state index contributed by atoms with van der Waals surface area (Å²) < 4.78 is 5.27. The predicted octanol–water partition coefficient (Wildman–Crippen LogP) is 11.1. The Labute approximate surface area is 243 Å². The largest absolute Gasteiger partial charge is 0.308 e. The summed E-state index contributed by atoms with van der Waals surface area (Å²) in [6.45, 7) is 4.75. The normalized spacial score (nSPS) is 17.4. The summed E-state index contributed by atoms with van der Waals surface area (Å²) in [6, 6.07) is 38.4. The van der Waals surface area contributed by atoms with Crippen molar-refractivity contribution in [1.82, 2.24) is 4.57 Å². The Morgan fingerprint density at radius 1 is 0.707 bits per heavy atom. The maximum Gasteiger partial charge on any atom is 0.0719 e. The maximum absolute atomic E-state index is 2.52. The van der Waals surface area contributed by atoms with Crippen molar-refractivity contribution in [3.8, 4) is 11.1 Å². The van der Waals surface area contributed by atoms with Gasteiger partial charge in [0.05, 0.1) is 15.7 Å². The molecule has 7 aromatic rings. The molecular weight excluding hydrogens is 515 g/mol. The lowest BCUT2D eigenvalue weighted by Gasteiger charge is -2.21. The second-order valence-electron chi connectivity index (χ2n) is 12.1. The molecule has 2 aromatic heterocycles. The van der Waals surface area contributed by atoms with E-state index < -0.39 is 0 Å². The third-order valence-electron chi connectivity index (χ3n) is 9.54. The van der Waals surface area contributed by atoms with Gasteiger partial charge in [-0.15, -0.1) is 11.3 Å². The quantitative estimate of drug-likeness (QED) is 0.204. The standard InChI is InChI=1S/C39H29NS/c1-39(2)33-14-8-6-12-27(33)31-22-32-30-21-20-29-28-13-7-9-15-35(28)40(37(29)38(30)41-36(32)23-34(31)39)26-18-16-25(17-19-26)24-10-4-3-5-11-24/h3-16,18-23,25H,17H2,1-2H3/t25-/m1/s1. The molecule has 2 aliphatic carbocycles.